The summed E-state index contributed by atoms with van der Waals surface area (Å²) in [6, 6.07) is 11.9. The van der Waals surface area contributed by atoms with Crippen molar-refractivity contribution >= 4 is 22.7 Å². The van der Waals surface area contributed by atoms with Gasteiger partial charge in [-0.25, -0.2) is 4.98 Å². The molecule has 2 aliphatic rings. The predicted molar refractivity (Wildman–Crippen MR) is 105 cm³/mol. The van der Waals surface area contributed by atoms with E-state index in [9.17, 15) is 4.79 Å². The second-order valence-corrected chi connectivity index (χ2v) is 7.55. The van der Waals surface area contributed by atoms with Gasteiger partial charge in [-0.15, -0.1) is 5.10 Å². The van der Waals surface area contributed by atoms with Gasteiger partial charge >= 0.3 is 0 Å². The van der Waals surface area contributed by atoms with Crippen LogP contribution in [0, 0.1) is 0 Å². The molecule has 0 bridgehead atoms. The van der Waals surface area contributed by atoms with Crippen LogP contribution >= 0.6 is 0 Å². The number of likely N-dealkylation sites (N-methyl/N-ethyl adjacent to an activating group) is 1. The molecule has 138 valence electrons. The summed E-state index contributed by atoms with van der Waals surface area (Å²) in [4.78, 5) is 21.7. The SMILES string of the molecule is CN(c1nc2ccccc2c(=O)n1C)C1CN(c2ccc(C3CC3)nn2)C1. The zero-order valence-electron chi connectivity index (χ0n) is 15.5. The van der Waals surface area contributed by atoms with Crippen molar-refractivity contribution in [2.75, 3.05) is 29.9 Å². The summed E-state index contributed by atoms with van der Waals surface area (Å²) < 4.78 is 1.63. The first kappa shape index (κ1) is 16.2. The van der Waals surface area contributed by atoms with Crippen LogP contribution in [0.1, 0.15) is 24.5 Å². The van der Waals surface area contributed by atoms with Crippen LogP contribution in [0.25, 0.3) is 10.9 Å². The molecular formula is C20H22N6O. The summed E-state index contributed by atoms with van der Waals surface area (Å²) >= 11 is 0. The first-order chi connectivity index (χ1) is 13.1. The molecule has 1 saturated heterocycles. The van der Waals surface area contributed by atoms with Gasteiger partial charge in [0.25, 0.3) is 5.56 Å². The van der Waals surface area contributed by atoms with Crippen molar-refractivity contribution in [2.45, 2.75) is 24.8 Å². The molecule has 2 aromatic heterocycles. The molecule has 0 N–H and O–H groups in total. The van der Waals surface area contributed by atoms with Gasteiger partial charge in [0.1, 0.15) is 0 Å². The third kappa shape index (κ3) is 2.74. The van der Waals surface area contributed by atoms with Crippen molar-refractivity contribution in [3.05, 3.63) is 52.4 Å². The molecule has 7 nitrogen and oxygen atoms in total. The second-order valence-electron chi connectivity index (χ2n) is 7.55. The number of hydrogen-bond acceptors (Lipinski definition) is 6. The standard InChI is InChI=1S/C20H22N6O/c1-24(20-21-17-6-4-3-5-15(17)19(27)25(20)2)14-11-26(12-14)18-10-9-16(22-23-18)13-7-8-13/h3-6,9-10,13-14H,7-8,11-12H2,1-2H3. The minimum absolute atomic E-state index is 0.0137. The molecule has 0 unspecified atom stereocenters. The van der Waals surface area contributed by atoms with E-state index < -0.39 is 0 Å². The summed E-state index contributed by atoms with van der Waals surface area (Å²) in [6.45, 7) is 1.69. The molecule has 1 saturated carbocycles. The van der Waals surface area contributed by atoms with E-state index in [2.05, 4.69) is 32.1 Å². The summed E-state index contributed by atoms with van der Waals surface area (Å²) in [6.07, 6.45) is 2.48. The zero-order chi connectivity index (χ0) is 18.5. The van der Waals surface area contributed by atoms with E-state index in [0.717, 1.165) is 30.1 Å². The van der Waals surface area contributed by atoms with E-state index >= 15 is 0 Å². The van der Waals surface area contributed by atoms with E-state index in [1.165, 1.54) is 12.8 Å². The molecule has 2 fully saturated rings. The fourth-order valence-electron chi connectivity index (χ4n) is 3.67. The molecule has 3 aromatic rings. The first-order valence-corrected chi connectivity index (χ1v) is 9.39. The van der Waals surface area contributed by atoms with Crippen LogP contribution < -0.4 is 15.4 Å². The lowest BCUT2D eigenvalue weighted by Gasteiger charge is -2.44. The van der Waals surface area contributed by atoms with Crippen molar-refractivity contribution in [3.63, 3.8) is 0 Å². The summed E-state index contributed by atoms with van der Waals surface area (Å²) in [7, 11) is 3.78. The summed E-state index contributed by atoms with van der Waals surface area (Å²) in [5, 5.41) is 9.41. The highest BCUT2D eigenvalue weighted by molar-refractivity contribution is 5.78. The number of para-hydroxylation sites is 1. The van der Waals surface area contributed by atoms with Crippen LogP contribution in [0.3, 0.4) is 0 Å². The van der Waals surface area contributed by atoms with Gasteiger partial charge in [-0.05, 0) is 37.1 Å². The van der Waals surface area contributed by atoms with Gasteiger partial charge in [0, 0.05) is 33.1 Å². The lowest BCUT2D eigenvalue weighted by atomic mass is 10.1. The van der Waals surface area contributed by atoms with Crippen molar-refractivity contribution in [3.8, 4) is 0 Å². The van der Waals surface area contributed by atoms with Gasteiger partial charge in [0.05, 0.1) is 22.6 Å². The highest BCUT2D eigenvalue weighted by Gasteiger charge is 2.33. The largest absolute Gasteiger partial charge is 0.351 e. The number of nitrogens with zero attached hydrogens (tertiary/aromatic N) is 6. The fourth-order valence-corrected chi connectivity index (χ4v) is 3.67. The van der Waals surface area contributed by atoms with Crippen LogP contribution in [-0.2, 0) is 7.05 Å². The second kappa shape index (κ2) is 6.04. The minimum atomic E-state index is -0.0137. The summed E-state index contributed by atoms with van der Waals surface area (Å²) in [5.74, 6) is 2.24. The Hall–Kier alpha value is -2.96. The topological polar surface area (TPSA) is 67.2 Å². The van der Waals surface area contributed by atoms with E-state index in [1.807, 2.05) is 31.3 Å². The van der Waals surface area contributed by atoms with E-state index in [-0.39, 0.29) is 11.6 Å². The van der Waals surface area contributed by atoms with E-state index in [0.29, 0.717) is 17.3 Å². The first-order valence-electron chi connectivity index (χ1n) is 9.39. The van der Waals surface area contributed by atoms with Crippen LogP contribution in [0.5, 0.6) is 0 Å². The predicted octanol–water partition coefficient (Wildman–Crippen LogP) is 1.93. The van der Waals surface area contributed by atoms with Crippen molar-refractivity contribution < 1.29 is 0 Å². The van der Waals surface area contributed by atoms with Crippen LogP contribution in [-0.4, -0.2) is 45.9 Å². The van der Waals surface area contributed by atoms with Crippen molar-refractivity contribution in [2.24, 2.45) is 7.05 Å². The highest BCUT2D eigenvalue weighted by Crippen LogP contribution is 2.39. The zero-order valence-corrected chi connectivity index (χ0v) is 15.5. The maximum absolute atomic E-state index is 12.6. The van der Waals surface area contributed by atoms with Crippen LogP contribution in [0.15, 0.2) is 41.2 Å². The van der Waals surface area contributed by atoms with E-state index in [4.69, 9.17) is 4.98 Å². The van der Waals surface area contributed by atoms with Crippen LogP contribution in [0.4, 0.5) is 11.8 Å². The molecule has 0 spiro atoms. The van der Waals surface area contributed by atoms with Crippen molar-refractivity contribution in [1.29, 1.82) is 0 Å². The Labute approximate surface area is 157 Å². The average molecular weight is 362 g/mol. The summed E-state index contributed by atoms with van der Waals surface area (Å²) in [5.41, 5.74) is 1.84. The Bertz CT molecular complexity index is 1050. The Morgan fingerprint density at radius 2 is 1.85 bits per heavy atom. The molecule has 1 aliphatic heterocycles. The molecule has 1 aliphatic carbocycles. The third-order valence-corrected chi connectivity index (χ3v) is 5.68. The molecule has 3 heterocycles. The molecule has 27 heavy (non-hydrogen) atoms. The van der Waals surface area contributed by atoms with Gasteiger partial charge in [-0.2, -0.15) is 5.10 Å². The van der Waals surface area contributed by atoms with Gasteiger partial charge in [0.2, 0.25) is 5.95 Å². The Morgan fingerprint density at radius 1 is 1.07 bits per heavy atom. The monoisotopic (exact) mass is 362 g/mol. The normalized spacial score (nSPS) is 17.2. The third-order valence-electron chi connectivity index (χ3n) is 5.68. The number of rotatable bonds is 4. The number of aromatic nitrogens is 4. The van der Waals surface area contributed by atoms with Crippen molar-refractivity contribution in [1.82, 2.24) is 19.7 Å². The minimum Gasteiger partial charge on any atom is -0.351 e. The van der Waals surface area contributed by atoms with Gasteiger partial charge in [0.15, 0.2) is 5.82 Å². The molecule has 5 rings (SSSR count). The number of benzene rings is 1. The Morgan fingerprint density at radius 3 is 2.56 bits per heavy atom. The lowest BCUT2D eigenvalue weighted by molar-refractivity contribution is 0.479. The smallest absolute Gasteiger partial charge is 0.262 e. The van der Waals surface area contributed by atoms with E-state index in [1.54, 1.807) is 11.6 Å². The molecule has 0 atom stereocenters. The van der Waals surface area contributed by atoms with Gasteiger partial charge in [-0.3, -0.25) is 9.36 Å². The highest BCUT2D eigenvalue weighted by atomic mass is 16.1. The molecule has 0 amide bonds. The molecule has 1 aromatic carbocycles. The Kier molecular flexibility index (Phi) is 3.63. The van der Waals surface area contributed by atoms with Gasteiger partial charge in [-0.1, -0.05) is 12.1 Å². The Balaban J connectivity index is 1.34. The molecule has 7 heteroatoms. The number of anilines is 2. The van der Waals surface area contributed by atoms with Gasteiger partial charge < -0.3 is 9.80 Å². The molecule has 0 radical (unpaired) electrons. The maximum atomic E-state index is 12.6. The lowest BCUT2D eigenvalue weighted by Crippen LogP contribution is -2.59. The quantitative estimate of drug-likeness (QED) is 0.706. The van der Waals surface area contributed by atoms with Crippen LogP contribution in [0.2, 0.25) is 0 Å². The average Bonchev–Trinajstić information content (AvgIpc) is 3.49. The number of fused-ring (bicyclic) bond motifs is 1. The fraction of sp³-hybridized carbons (Fsp3) is 0.400. The maximum Gasteiger partial charge on any atom is 0.262 e. The number of hydrogen-bond donors (Lipinski definition) is 0. The molecular weight excluding hydrogens is 340 g/mol.